The number of hydrogen-bond donors (Lipinski definition) is 1. The van der Waals surface area contributed by atoms with Crippen molar-refractivity contribution in [2.24, 2.45) is 0 Å². The Balaban J connectivity index is 3.03. The summed E-state index contributed by atoms with van der Waals surface area (Å²) in [4.78, 5) is 0.226. The van der Waals surface area contributed by atoms with Gasteiger partial charge in [0.1, 0.15) is 6.10 Å². The maximum absolute atomic E-state index is 12.5. The molecule has 0 saturated carbocycles. The van der Waals surface area contributed by atoms with Crippen LogP contribution in [0.5, 0.6) is 0 Å². The fourth-order valence-corrected chi connectivity index (χ4v) is 2.85. The molecule has 0 saturated heterocycles. The first kappa shape index (κ1) is 16.4. The van der Waals surface area contributed by atoms with Gasteiger partial charge in [0, 0.05) is 6.54 Å². The van der Waals surface area contributed by atoms with Crippen molar-refractivity contribution in [1.82, 2.24) is 4.31 Å². The Labute approximate surface area is 120 Å². The van der Waals surface area contributed by atoms with Crippen LogP contribution in [0.2, 0.25) is 0 Å². The van der Waals surface area contributed by atoms with E-state index in [0.717, 1.165) is 5.56 Å². The van der Waals surface area contributed by atoms with Crippen molar-refractivity contribution in [2.45, 2.75) is 24.8 Å². The predicted molar refractivity (Wildman–Crippen MR) is 79.6 cm³/mol. The summed E-state index contributed by atoms with van der Waals surface area (Å²) in [5, 5.41) is 9.08. The molecule has 1 aromatic rings. The first-order valence-electron chi connectivity index (χ1n) is 6.22. The topological polar surface area (TPSA) is 57.6 Å². The van der Waals surface area contributed by atoms with Crippen LogP contribution in [0.25, 0.3) is 0 Å². The van der Waals surface area contributed by atoms with E-state index in [1.54, 1.807) is 24.3 Å². The third kappa shape index (κ3) is 4.49. The van der Waals surface area contributed by atoms with Crippen LogP contribution in [-0.4, -0.2) is 37.0 Å². The summed E-state index contributed by atoms with van der Waals surface area (Å²) in [5.41, 5.74) is 0.994. The van der Waals surface area contributed by atoms with Crippen LogP contribution in [0, 0.1) is 18.8 Å². The van der Waals surface area contributed by atoms with Gasteiger partial charge in [-0.15, -0.1) is 6.58 Å². The van der Waals surface area contributed by atoms with Gasteiger partial charge < -0.3 is 5.11 Å². The van der Waals surface area contributed by atoms with Crippen molar-refractivity contribution in [3.63, 3.8) is 0 Å². The third-order valence-corrected chi connectivity index (χ3v) is 4.38. The van der Waals surface area contributed by atoms with Gasteiger partial charge >= 0.3 is 0 Å². The zero-order chi connectivity index (χ0) is 15.2. The van der Waals surface area contributed by atoms with Crippen LogP contribution >= 0.6 is 0 Å². The minimum absolute atomic E-state index is 0.0210. The van der Waals surface area contributed by atoms with Gasteiger partial charge in [-0.2, -0.15) is 4.31 Å². The molecular weight excluding hydrogens is 274 g/mol. The van der Waals surface area contributed by atoms with E-state index in [1.807, 2.05) is 6.92 Å². The van der Waals surface area contributed by atoms with E-state index < -0.39 is 16.1 Å². The van der Waals surface area contributed by atoms with E-state index in [1.165, 1.54) is 17.3 Å². The number of rotatable bonds is 5. The average Bonchev–Trinajstić information content (AvgIpc) is 2.38. The molecule has 0 spiro atoms. The monoisotopic (exact) mass is 293 g/mol. The van der Waals surface area contributed by atoms with E-state index >= 15 is 0 Å². The molecule has 1 unspecified atom stereocenters. The molecule has 0 amide bonds. The Morgan fingerprint density at radius 1 is 1.40 bits per heavy atom. The molecule has 108 valence electrons. The molecule has 1 N–H and O–H groups in total. The highest BCUT2D eigenvalue weighted by molar-refractivity contribution is 7.89. The largest absolute Gasteiger partial charge is 0.381 e. The van der Waals surface area contributed by atoms with Gasteiger partial charge in [-0.1, -0.05) is 35.6 Å². The minimum Gasteiger partial charge on any atom is -0.381 e. The van der Waals surface area contributed by atoms with E-state index in [-0.39, 0.29) is 18.0 Å². The molecule has 5 heteroatoms. The van der Waals surface area contributed by atoms with Gasteiger partial charge in [0.25, 0.3) is 0 Å². The van der Waals surface area contributed by atoms with Crippen molar-refractivity contribution in [3.05, 3.63) is 42.5 Å². The van der Waals surface area contributed by atoms with Crippen LogP contribution in [0.15, 0.2) is 41.8 Å². The van der Waals surface area contributed by atoms with Crippen molar-refractivity contribution < 1.29 is 13.5 Å². The maximum Gasteiger partial charge on any atom is 0.244 e. The highest BCUT2D eigenvalue weighted by Crippen LogP contribution is 2.15. The summed E-state index contributed by atoms with van der Waals surface area (Å²) in [6, 6.07) is 6.65. The molecule has 1 aromatic carbocycles. The van der Waals surface area contributed by atoms with Crippen LogP contribution in [-0.2, 0) is 10.0 Å². The lowest BCUT2D eigenvalue weighted by Crippen LogP contribution is -2.31. The molecule has 1 rings (SSSR count). The molecule has 0 fully saturated rings. The second-order valence-corrected chi connectivity index (χ2v) is 6.33. The highest BCUT2D eigenvalue weighted by atomic mass is 32.2. The number of hydrogen-bond acceptors (Lipinski definition) is 3. The SMILES string of the molecule is C=CCN(CC#CC(C)O)S(=O)(=O)c1ccc(C)cc1. The summed E-state index contributed by atoms with van der Waals surface area (Å²) in [7, 11) is -3.60. The van der Waals surface area contributed by atoms with Gasteiger partial charge in [-0.05, 0) is 26.0 Å². The number of sulfonamides is 1. The Bertz CT molecular complexity index is 607. The smallest absolute Gasteiger partial charge is 0.244 e. The first-order valence-corrected chi connectivity index (χ1v) is 7.66. The molecule has 0 aromatic heterocycles. The quantitative estimate of drug-likeness (QED) is 0.662. The summed E-state index contributed by atoms with van der Waals surface area (Å²) in [6.07, 6.45) is 0.734. The number of aliphatic hydroxyl groups excluding tert-OH is 1. The third-order valence-electron chi connectivity index (χ3n) is 2.56. The Morgan fingerprint density at radius 2 is 2.00 bits per heavy atom. The maximum atomic E-state index is 12.5. The molecule has 0 heterocycles. The van der Waals surface area contributed by atoms with E-state index in [0.29, 0.717) is 0 Å². The minimum atomic E-state index is -3.60. The van der Waals surface area contributed by atoms with Gasteiger partial charge in [0.05, 0.1) is 11.4 Å². The van der Waals surface area contributed by atoms with Crippen molar-refractivity contribution in [1.29, 1.82) is 0 Å². The molecule has 0 aliphatic heterocycles. The average molecular weight is 293 g/mol. The van der Waals surface area contributed by atoms with Gasteiger partial charge in [-0.25, -0.2) is 8.42 Å². The Kier molecular flexibility index (Phi) is 5.96. The summed E-state index contributed by atoms with van der Waals surface area (Å²) in [6.45, 7) is 7.18. The van der Waals surface area contributed by atoms with Crippen molar-refractivity contribution in [3.8, 4) is 11.8 Å². The van der Waals surface area contributed by atoms with Crippen LogP contribution < -0.4 is 0 Å². The molecule has 0 radical (unpaired) electrons. The molecule has 0 aliphatic carbocycles. The van der Waals surface area contributed by atoms with E-state index in [4.69, 9.17) is 5.11 Å². The zero-order valence-corrected chi connectivity index (χ0v) is 12.5. The lowest BCUT2D eigenvalue weighted by molar-refractivity contribution is 0.253. The normalized spacial score (nSPS) is 12.6. The number of nitrogens with zero attached hydrogens (tertiary/aromatic N) is 1. The fourth-order valence-electron chi connectivity index (χ4n) is 1.53. The van der Waals surface area contributed by atoms with Crippen molar-refractivity contribution >= 4 is 10.0 Å². The molecule has 4 nitrogen and oxygen atoms in total. The van der Waals surface area contributed by atoms with Crippen molar-refractivity contribution in [2.75, 3.05) is 13.1 Å². The molecular formula is C15H19NO3S. The number of benzene rings is 1. The predicted octanol–water partition coefficient (Wildman–Crippen LogP) is 1.56. The molecule has 0 bridgehead atoms. The molecule has 0 aliphatic rings. The molecule has 1 atom stereocenters. The van der Waals surface area contributed by atoms with Crippen LogP contribution in [0.4, 0.5) is 0 Å². The van der Waals surface area contributed by atoms with Gasteiger partial charge in [-0.3, -0.25) is 0 Å². The van der Waals surface area contributed by atoms with E-state index in [9.17, 15) is 8.42 Å². The standard InChI is InChI=1S/C15H19NO3S/c1-4-11-16(12-5-6-14(3)17)20(18,19)15-9-7-13(2)8-10-15/h4,7-10,14,17H,1,11-12H2,2-3H3. The lowest BCUT2D eigenvalue weighted by Gasteiger charge is -2.18. The van der Waals surface area contributed by atoms with Crippen LogP contribution in [0.1, 0.15) is 12.5 Å². The zero-order valence-electron chi connectivity index (χ0n) is 11.7. The number of aliphatic hydroxyl groups is 1. The van der Waals surface area contributed by atoms with Gasteiger partial charge in [0.2, 0.25) is 10.0 Å². The summed E-state index contributed by atoms with van der Waals surface area (Å²) >= 11 is 0. The second kappa shape index (κ2) is 7.25. The van der Waals surface area contributed by atoms with Gasteiger partial charge in [0.15, 0.2) is 0 Å². The first-order chi connectivity index (χ1) is 9.37. The second-order valence-electron chi connectivity index (χ2n) is 4.40. The summed E-state index contributed by atoms with van der Waals surface area (Å²) in [5.74, 6) is 5.19. The Hall–Kier alpha value is -1.61. The summed E-state index contributed by atoms with van der Waals surface area (Å²) < 4.78 is 26.1. The highest BCUT2D eigenvalue weighted by Gasteiger charge is 2.22. The number of aryl methyl sites for hydroxylation is 1. The fraction of sp³-hybridized carbons (Fsp3) is 0.333. The lowest BCUT2D eigenvalue weighted by atomic mass is 10.2. The van der Waals surface area contributed by atoms with Crippen LogP contribution in [0.3, 0.4) is 0 Å². The Morgan fingerprint density at radius 3 is 2.50 bits per heavy atom. The van der Waals surface area contributed by atoms with E-state index in [2.05, 4.69) is 18.4 Å². The molecule has 20 heavy (non-hydrogen) atoms.